The van der Waals surface area contributed by atoms with E-state index >= 15 is 0 Å². The third-order valence-electron chi connectivity index (χ3n) is 2.31. The topological polar surface area (TPSA) is 50.2 Å². The lowest BCUT2D eigenvalue weighted by molar-refractivity contribution is -0.136. The summed E-state index contributed by atoms with van der Waals surface area (Å²) in [5, 5.41) is 9.71. The van der Waals surface area contributed by atoms with Gasteiger partial charge in [0.25, 0.3) is 0 Å². The number of aliphatic carboxylic acids is 1. The number of aromatic nitrogens is 1. The van der Waals surface area contributed by atoms with Gasteiger partial charge in [-0.25, -0.2) is 0 Å². The minimum Gasteiger partial charge on any atom is -0.481 e. The SMILES string of the molecule is Cc1cccc2ccc(CC(=O)O)nc12. The average Bonchev–Trinajstić information content (AvgIpc) is 2.18. The molecule has 3 nitrogen and oxygen atoms in total. The number of hydrogen-bond acceptors (Lipinski definition) is 2. The predicted octanol–water partition coefficient (Wildman–Crippen LogP) is 2.17. The van der Waals surface area contributed by atoms with Crippen LogP contribution in [0.1, 0.15) is 11.3 Å². The Labute approximate surface area is 87.4 Å². The molecule has 0 aliphatic carbocycles. The molecule has 0 saturated heterocycles. The second kappa shape index (κ2) is 3.69. The lowest BCUT2D eigenvalue weighted by atomic mass is 10.1. The molecule has 0 spiro atoms. The molecule has 0 bridgehead atoms. The number of pyridine rings is 1. The van der Waals surface area contributed by atoms with Crippen molar-refractivity contribution in [1.82, 2.24) is 4.98 Å². The van der Waals surface area contributed by atoms with E-state index in [2.05, 4.69) is 4.98 Å². The number of hydrogen-bond donors (Lipinski definition) is 1. The van der Waals surface area contributed by atoms with Crippen molar-refractivity contribution in [2.24, 2.45) is 0 Å². The summed E-state index contributed by atoms with van der Waals surface area (Å²) < 4.78 is 0. The Morgan fingerprint density at radius 2 is 2.13 bits per heavy atom. The molecule has 3 heteroatoms. The molecule has 2 rings (SSSR count). The number of rotatable bonds is 2. The minimum atomic E-state index is -0.851. The number of carboxylic acids is 1. The van der Waals surface area contributed by atoms with Gasteiger partial charge < -0.3 is 5.11 Å². The molecule has 0 aliphatic heterocycles. The van der Waals surface area contributed by atoms with Crippen LogP contribution in [0.15, 0.2) is 30.3 Å². The summed E-state index contributed by atoms with van der Waals surface area (Å²) in [6.45, 7) is 1.97. The van der Waals surface area contributed by atoms with Crippen molar-refractivity contribution < 1.29 is 9.90 Å². The highest BCUT2D eigenvalue weighted by atomic mass is 16.4. The van der Waals surface area contributed by atoms with Crippen LogP contribution in [-0.2, 0) is 11.2 Å². The standard InChI is InChI=1S/C12H11NO2/c1-8-3-2-4-9-5-6-10(7-11(14)15)13-12(8)9/h2-6H,7H2,1H3,(H,14,15). The fourth-order valence-corrected chi connectivity index (χ4v) is 1.59. The van der Waals surface area contributed by atoms with Crippen molar-refractivity contribution in [2.45, 2.75) is 13.3 Å². The van der Waals surface area contributed by atoms with Crippen molar-refractivity contribution in [3.8, 4) is 0 Å². The molecule has 1 N–H and O–H groups in total. The number of aryl methyl sites for hydroxylation is 1. The third-order valence-corrected chi connectivity index (χ3v) is 2.31. The number of carboxylic acid groups (broad SMARTS) is 1. The van der Waals surface area contributed by atoms with E-state index < -0.39 is 5.97 Å². The summed E-state index contributed by atoms with van der Waals surface area (Å²) >= 11 is 0. The van der Waals surface area contributed by atoms with Crippen LogP contribution in [0.5, 0.6) is 0 Å². The third kappa shape index (κ3) is 1.96. The fraction of sp³-hybridized carbons (Fsp3) is 0.167. The molecule has 15 heavy (non-hydrogen) atoms. The molecule has 1 aromatic heterocycles. The predicted molar refractivity (Wildman–Crippen MR) is 57.8 cm³/mol. The molecule has 1 aromatic carbocycles. The Morgan fingerprint density at radius 1 is 1.33 bits per heavy atom. The molecule has 1 heterocycles. The highest BCUT2D eigenvalue weighted by Crippen LogP contribution is 2.16. The molecule has 0 radical (unpaired) electrons. The average molecular weight is 201 g/mol. The van der Waals surface area contributed by atoms with Crippen LogP contribution in [0.3, 0.4) is 0 Å². The zero-order valence-corrected chi connectivity index (χ0v) is 8.40. The number of benzene rings is 1. The van der Waals surface area contributed by atoms with Crippen LogP contribution in [-0.4, -0.2) is 16.1 Å². The van der Waals surface area contributed by atoms with E-state index in [0.29, 0.717) is 5.69 Å². The summed E-state index contributed by atoms with van der Waals surface area (Å²) in [6, 6.07) is 9.58. The van der Waals surface area contributed by atoms with Crippen molar-refractivity contribution in [2.75, 3.05) is 0 Å². The first-order valence-electron chi connectivity index (χ1n) is 4.74. The first kappa shape index (κ1) is 9.65. The molecular weight excluding hydrogens is 190 g/mol. The maximum Gasteiger partial charge on any atom is 0.309 e. The fourth-order valence-electron chi connectivity index (χ4n) is 1.59. The van der Waals surface area contributed by atoms with Crippen LogP contribution in [0.4, 0.5) is 0 Å². The number of carbonyl (C=O) groups is 1. The second-order valence-electron chi connectivity index (χ2n) is 3.52. The maximum absolute atomic E-state index is 10.5. The summed E-state index contributed by atoms with van der Waals surface area (Å²) in [4.78, 5) is 14.9. The van der Waals surface area contributed by atoms with Gasteiger partial charge in [0.05, 0.1) is 17.6 Å². The quantitative estimate of drug-likeness (QED) is 0.810. The van der Waals surface area contributed by atoms with Crippen molar-refractivity contribution in [3.05, 3.63) is 41.6 Å². The first-order chi connectivity index (χ1) is 7.16. The van der Waals surface area contributed by atoms with Gasteiger partial charge in [0.1, 0.15) is 0 Å². The highest BCUT2D eigenvalue weighted by Gasteiger charge is 2.04. The molecule has 76 valence electrons. The Balaban J connectivity index is 2.54. The van der Waals surface area contributed by atoms with E-state index in [1.165, 1.54) is 0 Å². The number of nitrogens with zero attached hydrogens (tertiary/aromatic N) is 1. The van der Waals surface area contributed by atoms with Gasteiger partial charge in [0.15, 0.2) is 0 Å². The highest BCUT2D eigenvalue weighted by molar-refractivity contribution is 5.82. The molecule has 0 atom stereocenters. The summed E-state index contributed by atoms with van der Waals surface area (Å²) in [7, 11) is 0. The van der Waals surface area contributed by atoms with Gasteiger partial charge in [-0.2, -0.15) is 0 Å². The Bertz CT molecular complexity index is 520. The Morgan fingerprint density at radius 3 is 2.87 bits per heavy atom. The normalized spacial score (nSPS) is 10.5. The molecule has 2 aromatic rings. The Hall–Kier alpha value is -1.90. The van der Waals surface area contributed by atoms with E-state index in [0.717, 1.165) is 16.5 Å². The van der Waals surface area contributed by atoms with Gasteiger partial charge in [0, 0.05) is 5.39 Å². The van der Waals surface area contributed by atoms with Gasteiger partial charge in [-0.05, 0) is 18.6 Å². The summed E-state index contributed by atoms with van der Waals surface area (Å²) in [5.74, 6) is -0.851. The number of para-hydroxylation sites is 1. The molecule has 0 unspecified atom stereocenters. The van der Waals surface area contributed by atoms with Gasteiger partial charge in [0.2, 0.25) is 0 Å². The molecule has 0 amide bonds. The van der Waals surface area contributed by atoms with Gasteiger partial charge in [-0.1, -0.05) is 24.3 Å². The molecule has 0 fully saturated rings. The van der Waals surface area contributed by atoms with E-state index in [-0.39, 0.29) is 6.42 Å². The van der Waals surface area contributed by atoms with Crippen LogP contribution >= 0.6 is 0 Å². The lowest BCUT2D eigenvalue weighted by Gasteiger charge is -2.03. The van der Waals surface area contributed by atoms with Crippen LogP contribution in [0.2, 0.25) is 0 Å². The smallest absolute Gasteiger partial charge is 0.309 e. The van der Waals surface area contributed by atoms with E-state index in [4.69, 9.17) is 5.11 Å². The molecular formula is C12H11NO2. The van der Waals surface area contributed by atoms with Crippen molar-refractivity contribution in [1.29, 1.82) is 0 Å². The van der Waals surface area contributed by atoms with E-state index in [1.54, 1.807) is 6.07 Å². The zero-order valence-electron chi connectivity index (χ0n) is 8.40. The Kier molecular flexibility index (Phi) is 2.37. The van der Waals surface area contributed by atoms with E-state index in [9.17, 15) is 4.79 Å². The molecule has 0 saturated carbocycles. The summed E-state index contributed by atoms with van der Waals surface area (Å²) in [6.07, 6.45) is -0.0235. The van der Waals surface area contributed by atoms with Gasteiger partial charge >= 0.3 is 5.97 Å². The zero-order chi connectivity index (χ0) is 10.8. The van der Waals surface area contributed by atoms with Crippen LogP contribution in [0.25, 0.3) is 10.9 Å². The lowest BCUT2D eigenvalue weighted by Crippen LogP contribution is -2.02. The summed E-state index contributed by atoms with van der Waals surface area (Å²) in [5.41, 5.74) is 2.56. The maximum atomic E-state index is 10.5. The molecule has 0 aliphatic rings. The van der Waals surface area contributed by atoms with E-state index in [1.807, 2.05) is 31.2 Å². The van der Waals surface area contributed by atoms with Crippen LogP contribution < -0.4 is 0 Å². The van der Waals surface area contributed by atoms with Crippen LogP contribution in [0, 0.1) is 6.92 Å². The van der Waals surface area contributed by atoms with Crippen molar-refractivity contribution in [3.63, 3.8) is 0 Å². The first-order valence-corrected chi connectivity index (χ1v) is 4.74. The largest absolute Gasteiger partial charge is 0.481 e. The van der Waals surface area contributed by atoms with Gasteiger partial charge in [-0.3, -0.25) is 9.78 Å². The minimum absolute atomic E-state index is 0.0235. The van der Waals surface area contributed by atoms with Gasteiger partial charge in [-0.15, -0.1) is 0 Å². The number of fused-ring (bicyclic) bond motifs is 1. The monoisotopic (exact) mass is 201 g/mol. The van der Waals surface area contributed by atoms with Crippen molar-refractivity contribution >= 4 is 16.9 Å². The second-order valence-corrected chi connectivity index (χ2v) is 3.52.